The molecule has 5 nitrogen and oxygen atoms in total. The van der Waals surface area contributed by atoms with Gasteiger partial charge >= 0.3 is 6.18 Å². The second kappa shape index (κ2) is 8.06. The maximum atomic E-state index is 13.0. The van der Waals surface area contributed by atoms with E-state index in [1.807, 2.05) is 0 Å². The lowest BCUT2D eigenvalue weighted by Crippen LogP contribution is -2.33. The summed E-state index contributed by atoms with van der Waals surface area (Å²) in [4.78, 5) is 26.0. The van der Waals surface area contributed by atoms with E-state index < -0.39 is 34.4 Å². The number of amides is 2. The van der Waals surface area contributed by atoms with E-state index in [1.165, 1.54) is 0 Å². The lowest BCUT2D eigenvalue weighted by atomic mass is 10.00. The van der Waals surface area contributed by atoms with E-state index in [0.717, 1.165) is 55.6 Å². The minimum Gasteiger partial charge on any atom is -0.504 e. The van der Waals surface area contributed by atoms with Crippen molar-refractivity contribution >= 4 is 29.0 Å². The summed E-state index contributed by atoms with van der Waals surface area (Å²) < 4.78 is 39.0. The molecule has 3 rings (SSSR count). The third kappa shape index (κ3) is 4.45. The number of imide groups is 1. The van der Waals surface area contributed by atoms with Crippen LogP contribution < -0.4 is 0 Å². The van der Waals surface area contributed by atoms with Crippen molar-refractivity contribution in [3.05, 3.63) is 28.2 Å². The van der Waals surface area contributed by atoms with E-state index in [1.54, 1.807) is 0 Å². The highest BCUT2D eigenvalue weighted by Crippen LogP contribution is 2.42. The first-order valence-electron chi connectivity index (χ1n) is 9.05. The number of hydrogen-bond acceptors (Lipinski definition) is 5. The summed E-state index contributed by atoms with van der Waals surface area (Å²) in [5.74, 6) is -2.52. The van der Waals surface area contributed by atoms with Gasteiger partial charge < -0.3 is 10.2 Å². The Morgan fingerprint density at radius 2 is 1.75 bits per heavy atom. The van der Waals surface area contributed by atoms with Gasteiger partial charge in [-0.2, -0.15) is 13.2 Å². The van der Waals surface area contributed by atoms with Crippen LogP contribution in [0.2, 0.25) is 0 Å². The first-order chi connectivity index (χ1) is 13.2. The van der Waals surface area contributed by atoms with Crippen LogP contribution in [-0.2, 0) is 11.0 Å². The second-order valence-corrected chi connectivity index (χ2v) is 8.08. The van der Waals surface area contributed by atoms with E-state index >= 15 is 0 Å². The van der Waals surface area contributed by atoms with Gasteiger partial charge in [-0.25, -0.2) is 0 Å². The van der Waals surface area contributed by atoms with Crippen LogP contribution in [-0.4, -0.2) is 32.8 Å². The summed E-state index contributed by atoms with van der Waals surface area (Å²) >= 11 is 0.667. The molecule has 2 amide bonds. The van der Waals surface area contributed by atoms with E-state index in [0.29, 0.717) is 24.4 Å². The van der Waals surface area contributed by atoms with Gasteiger partial charge in [-0.1, -0.05) is 25.7 Å². The van der Waals surface area contributed by atoms with Crippen LogP contribution in [0.1, 0.15) is 49.7 Å². The van der Waals surface area contributed by atoms with Crippen molar-refractivity contribution in [2.75, 3.05) is 6.54 Å². The van der Waals surface area contributed by atoms with E-state index in [2.05, 4.69) is 0 Å². The molecule has 1 aromatic rings. The van der Waals surface area contributed by atoms with Crippen LogP contribution in [0.25, 0.3) is 6.08 Å². The maximum Gasteiger partial charge on any atom is 0.420 e. The first kappa shape index (κ1) is 20.6. The monoisotopic (exact) mass is 415 g/mol. The van der Waals surface area contributed by atoms with Crippen LogP contribution >= 0.6 is 11.8 Å². The number of carbonyl (C=O) groups is 2. The molecule has 0 atom stereocenters. The molecule has 1 aliphatic heterocycles. The Kier molecular flexibility index (Phi) is 5.92. The SMILES string of the molecule is O=C1SC(=Cc2cc(O)c(O)c(C(F)(F)F)c2)C(=O)N1CC1CCCCCC1. The standard InChI is InChI=1S/C19H20F3NO4S/c20-19(21,22)13-7-12(8-14(24)16(13)25)9-15-17(26)23(18(27)28-15)10-11-5-3-1-2-4-6-11/h7-9,11,24-25H,1-6,10H2. The Bertz CT molecular complexity index is 814. The van der Waals surface area contributed by atoms with Crippen LogP contribution in [0, 0.1) is 5.92 Å². The van der Waals surface area contributed by atoms with Gasteiger partial charge in [0.25, 0.3) is 11.1 Å². The topological polar surface area (TPSA) is 77.8 Å². The minimum absolute atomic E-state index is 0.00293. The van der Waals surface area contributed by atoms with E-state index in [9.17, 15) is 33.0 Å². The Balaban J connectivity index is 1.82. The van der Waals surface area contributed by atoms with Gasteiger partial charge in [0.15, 0.2) is 11.5 Å². The van der Waals surface area contributed by atoms with Gasteiger partial charge in [0, 0.05) is 6.54 Å². The van der Waals surface area contributed by atoms with Gasteiger partial charge in [-0.3, -0.25) is 14.5 Å². The third-order valence-electron chi connectivity index (χ3n) is 5.00. The fourth-order valence-corrected chi connectivity index (χ4v) is 4.40. The van der Waals surface area contributed by atoms with Crippen LogP contribution in [0.4, 0.5) is 18.0 Å². The number of phenolic OH excluding ortho intramolecular Hbond substituents is 2. The number of alkyl halides is 3. The molecular weight excluding hydrogens is 395 g/mol. The first-order valence-corrected chi connectivity index (χ1v) is 9.87. The van der Waals surface area contributed by atoms with Crippen molar-refractivity contribution < 1.29 is 33.0 Å². The quantitative estimate of drug-likeness (QED) is 0.407. The molecular formula is C19H20F3NO4S. The molecule has 2 fully saturated rings. The average Bonchev–Trinajstić information content (AvgIpc) is 2.81. The molecule has 1 heterocycles. The van der Waals surface area contributed by atoms with Gasteiger partial charge in [0.1, 0.15) is 5.56 Å². The fourth-order valence-electron chi connectivity index (χ4n) is 3.55. The van der Waals surface area contributed by atoms with E-state index in [4.69, 9.17) is 0 Å². The normalized spacial score (nSPS) is 20.8. The number of aromatic hydroxyl groups is 2. The zero-order valence-electron chi connectivity index (χ0n) is 15.0. The molecule has 0 radical (unpaired) electrons. The predicted molar refractivity (Wildman–Crippen MR) is 98.6 cm³/mol. The van der Waals surface area contributed by atoms with Crippen molar-refractivity contribution in [1.82, 2.24) is 4.90 Å². The highest BCUT2D eigenvalue weighted by atomic mass is 32.2. The molecule has 0 aromatic heterocycles. The number of benzene rings is 1. The smallest absolute Gasteiger partial charge is 0.420 e. The summed E-state index contributed by atoms with van der Waals surface area (Å²) in [6.07, 6.45) is 2.56. The molecule has 9 heteroatoms. The van der Waals surface area contributed by atoms with Crippen molar-refractivity contribution in [2.24, 2.45) is 5.92 Å². The summed E-state index contributed by atoms with van der Waals surface area (Å²) in [5, 5.41) is 18.6. The lowest BCUT2D eigenvalue weighted by Gasteiger charge is -2.20. The fraction of sp³-hybridized carbons (Fsp3) is 0.474. The van der Waals surface area contributed by atoms with Gasteiger partial charge in [0.2, 0.25) is 0 Å². The van der Waals surface area contributed by atoms with Crippen molar-refractivity contribution in [3.8, 4) is 11.5 Å². The van der Waals surface area contributed by atoms with Crippen LogP contribution in [0.3, 0.4) is 0 Å². The summed E-state index contributed by atoms with van der Waals surface area (Å²) in [6.45, 7) is 0.316. The van der Waals surface area contributed by atoms with Crippen molar-refractivity contribution in [2.45, 2.75) is 44.7 Å². The second-order valence-electron chi connectivity index (χ2n) is 7.08. The lowest BCUT2D eigenvalue weighted by molar-refractivity contribution is -0.139. The molecule has 1 aliphatic carbocycles. The molecule has 1 saturated carbocycles. The molecule has 2 aliphatic rings. The van der Waals surface area contributed by atoms with Gasteiger partial charge in [-0.15, -0.1) is 0 Å². The number of hydrogen-bond donors (Lipinski definition) is 2. The van der Waals surface area contributed by atoms with Gasteiger partial charge in [0.05, 0.1) is 4.91 Å². The van der Waals surface area contributed by atoms with Crippen LogP contribution in [0.15, 0.2) is 17.0 Å². The molecule has 2 N–H and O–H groups in total. The highest BCUT2D eigenvalue weighted by molar-refractivity contribution is 8.18. The Hall–Kier alpha value is -2.16. The molecule has 0 bridgehead atoms. The highest BCUT2D eigenvalue weighted by Gasteiger charge is 2.38. The maximum absolute atomic E-state index is 13.0. The Morgan fingerprint density at radius 1 is 1.11 bits per heavy atom. The number of rotatable bonds is 3. The number of thioether (sulfide) groups is 1. The van der Waals surface area contributed by atoms with Crippen LogP contribution in [0.5, 0.6) is 11.5 Å². The zero-order valence-corrected chi connectivity index (χ0v) is 15.8. The summed E-state index contributed by atoms with van der Waals surface area (Å²) in [7, 11) is 0. The molecule has 0 spiro atoms. The number of carbonyl (C=O) groups excluding carboxylic acids is 2. The van der Waals surface area contributed by atoms with Crippen molar-refractivity contribution in [3.63, 3.8) is 0 Å². The van der Waals surface area contributed by atoms with E-state index in [-0.39, 0.29) is 16.4 Å². The molecule has 1 aromatic carbocycles. The Morgan fingerprint density at radius 3 is 2.36 bits per heavy atom. The van der Waals surface area contributed by atoms with Gasteiger partial charge in [-0.05, 0) is 54.3 Å². The Labute approximate surface area is 164 Å². The number of halogens is 3. The number of nitrogens with zero attached hydrogens (tertiary/aromatic N) is 1. The summed E-state index contributed by atoms with van der Waals surface area (Å²) in [6, 6.07) is 1.55. The minimum atomic E-state index is -4.87. The molecule has 0 unspecified atom stereocenters. The zero-order chi connectivity index (χ0) is 20.5. The molecule has 28 heavy (non-hydrogen) atoms. The summed E-state index contributed by atoms with van der Waals surface area (Å²) in [5.41, 5.74) is -1.53. The molecule has 152 valence electrons. The third-order valence-corrected chi connectivity index (χ3v) is 5.91. The molecule has 1 saturated heterocycles. The average molecular weight is 415 g/mol. The largest absolute Gasteiger partial charge is 0.504 e. The predicted octanol–water partition coefficient (Wildman–Crippen LogP) is 5.12. The van der Waals surface area contributed by atoms with Crippen molar-refractivity contribution in [1.29, 1.82) is 0 Å². The number of phenols is 2.